The zero-order valence-electron chi connectivity index (χ0n) is 29.8. The lowest BCUT2D eigenvalue weighted by Gasteiger charge is -2.26. The first-order chi connectivity index (χ1) is 27.2. The fourth-order valence-electron chi connectivity index (χ4n) is 8.16. The molecule has 0 N–H and O–H groups in total. The SMILES string of the molecule is c1ccc(-c2cccc3c2oc2c(N(c4ccc(-c5ccc6ccccc6c5)cc4)c4cccc(-c5ccc6c(c5)sc5ccccc56)c4)cccc23)cc1. The van der Waals surface area contributed by atoms with Crippen LogP contribution in [-0.4, -0.2) is 0 Å². The second-order valence-corrected chi connectivity index (χ2v) is 15.2. The van der Waals surface area contributed by atoms with E-state index in [1.807, 2.05) is 11.3 Å². The second kappa shape index (κ2) is 12.9. The predicted molar refractivity (Wildman–Crippen MR) is 235 cm³/mol. The summed E-state index contributed by atoms with van der Waals surface area (Å²) in [6.45, 7) is 0. The Bertz CT molecular complexity index is 3210. The summed E-state index contributed by atoms with van der Waals surface area (Å²) in [5.74, 6) is 0. The van der Waals surface area contributed by atoms with Gasteiger partial charge in [-0.3, -0.25) is 0 Å². The highest BCUT2D eigenvalue weighted by molar-refractivity contribution is 7.25. The number of anilines is 3. The highest BCUT2D eigenvalue weighted by Gasteiger charge is 2.21. The number of para-hydroxylation sites is 2. The Morgan fingerprint density at radius 1 is 0.345 bits per heavy atom. The average molecular weight is 720 g/mol. The van der Waals surface area contributed by atoms with Crippen LogP contribution in [0.3, 0.4) is 0 Å². The van der Waals surface area contributed by atoms with Crippen molar-refractivity contribution in [3.63, 3.8) is 0 Å². The van der Waals surface area contributed by atoms with Gasteiger partial charge in [-0.2, -0.15) is 0 Å². The molecule has 258 valence electrons. The Labute approximate surface area is 322 Å². The molecule has 0 fully saturated rings. The Morgan fingerprint density at radius 2 is 0.982 bits per heavy atom. The van der Waals surface area contributed by atoms with E-state index in [9.17, 15) is 0 Å². The fourth-order valence-corrected chi connectivity index (χ4v) is 9.30. The Kier molecular flexibility index (Phi) is 7.39. The van der Waals surface area contributed by atoms with Crippen LogP contribution in [0.25, 0.3) is 86.3 Å². The van der Waals surface area contributed by atoms with E-state index in [0.29, 0.717) is 0 Å². The third-order valence-electron chi connectivity index (χ3n) is 10.9. The monoisotopic (exact) mass is 719 g/mol. The van der Waals surface area contributed by atoms with Crippen molar-refractivity contribution in [3.05, 3.63) is 200 Å². The predicted octanol–water partition coefficient (Wildman–Crippen LogP) is 15.6. The van der Waals surface area contributed by atoms with Gasteiger partial charge in [-0.05, 0) is 87.1 Å². The van der Waals surface area contributed by atoms with E-state index in [0.717, 1.165) is 55.7 Å². The molecule has 3 heteroatoms. The molecule has 0 aliphatic carbocycles. The van der Waals surface area contributed by atoms with Crippen LogP contribution in [0.4, 0.5) is 17.1 Å². The maximum Gasteiger partial charge on any atom is 0.159 e. The standard InChI is InChI=1S/C52H33NOS/c1-2-12-36(13-3-1)43-18-9-19-46-47-20-10-21-48(52(47)54-51(43)46)53(41-28-25-35(26-29-41)39-24-23-34-11-4-5-14-37(34)31-39)42-16-8-15-38(32-42)40-27-30-45-44-17-6-7-22-49(44)55-50(45)33-40/h1-33H. The number of nitrogens with zero attached hydrogens (tertiary/aromatic N) is 1. The molecule has 0 amide bonds. The number of furan rings is 1. The fraction of sp³-hybridized carbons (Fsp3) is 0. The highest BCUT2D eigenvalue weighted by Crippen LogP contribution is 2.45. The molecule has 0 aliphatic heterocycles. The average Bonchev–Trinajstić information content (AvgIpc) is 3.83. The molecule has 0 unspecified atom stereocenters. The van der Waals surface area contributed by atoms with Crippen molar-refractivity contribution in [3.8, 4) is 33.4 Å². The van der Waals surface area contributed by atoms with Gasteiger partial charge in [0, 0.05) is 47.9 Å². The molecular weight excluding hydrogens is 687 g/mol. The lowest BCUT2D eigenvalue weighted by molar-refractivity contribution is 0.670. The van der Waals surface area contributed by atoms with Crippen LogP contribution in [0.2, 0.25) is 0 Å². The van der Waals surface area contributed by atoms with Gasteiger partial charge in [0.25, 0.3) is 0 Å². The summed E-state index contributed by atoms with van der Waals surface area (Å²) in [4.78, 5) is 2.35. The zero-order valence-corrected chi connectivity index (χ0v) is 30.6. The normalized spacial score (nSPS) is 11.6. The molecule has 9 aromatic carbocycles. The second-order valence-electron chi connectivity index (χ2n) is 14.1. The molecular formula is C52H33NOS. The van der Waals surface area contributed by atoms with Crippen LogP contribution in [0.15, 0.2) is 205 Å². The molecule has 0 radical (unpaired) electrons. The molecule has 2 aromatic heterocycles. The molecule has 0 spiro atoms. The lowest BCUT2D eigenvalue weighted by Crippen LogP contribution is -2.10. The number of hydrogen-bond donors (Lipinski definition) is 0. The Balaban J connectivity index is 1.08. The van der Waals surface area contributed by atoms with Crippen LogP contribution in [0.5, 0.6) is 0 Å². The van der Waals surface area contributed by atoms with Gasteiger partial charge in [-0.25, -0.2) is 0 Å². The summed E-state index contributed by atoms with van der Waals surface area (Å²) in [5, 5.41) is 7.30. The van der Waals surface area contributed by atoms with Gasteiger partial charge in [0.1, 0.15) is 5.58 Å². The quantitative estimate of drug-likeness (QED) is 0.170. The van der Waals surface area contributed by atoms with Gasteiger partial charge in [0.05, 0.1) is 5.69 Å². The van der Waals surface area contributed by atoms with Crippen LogP contribution in [0, 0.1) is 0 Å². The smallest absolute Gasteiger partial charge is 0.159 e. The van der Waals surface area contributed by atoms with Gasteiger partial charge < -0.3 is 9.32 Å². The van der Waals surface area contributed by atoms with E-state index in [1.54, 1.807) is 0 Å². The largest absolute Gasteiger partial charge is 0.453 e. The van der Waals surface area contributed by atoms with E-state index in [1.165, 1.54) is 47.6 Å². The van der Waals surface area contributed by atoms with Gasteiger partial charge in [0.2, 0.25) is 0 Å². The summed E-state index contributed by atoms with van der Waals surface area (Å²) in [6.07, 6.45) is 0. The van der Waals surface area contributed by atoms with Crippen molar-refractivity contribution in [1.82, 2.24) is 0 Å². The van der Waals surface area contributed by atoms with E-state index >= 15 is 0 Å². The van der Waals surface area contributed by atoms with E-state index in [4.69, 9.17) is 4.42 Å². The van der Waals surface area contributed by atoms with Crippen molar-refractivity contribution in [2.45, 2.75) is 0 Å². The molecule has 0 aliphatic rings. The van der Waals surface area contributed by atoms with Crippen molar-refractivity contribution < 1.29 is 4.42 Å². The van der Waals surface area contributed by atoms with E-state index in [2.05, 4.69) is 205 Å². The molecule has 0 bridgehead atoms. The summed E-state index contributed by atoms with van der Waals surface area (Å²) in [7, 11) is 0. The van der Waals surface area contributed by atoms with Crippen LogP contribution in [0.1, 0.15) is 0 Å². The summed E-state index contributed by atoms with van der Waals surface area (Å²) in [5.41, 5.74) is 11.8. The number of fused-ring (bicyclic) bond motifs is 7. The van der Waals surface area contributed by atoms with Crippen molar-refractivity contribution >= 4 is 81.3 Å². The maximum atomic E-state index is 6.98. The summed E-state index contributed by atoms with van der Waals surface area (Å²) >= 11 is 1.85. The minimum atomic E-state index is 0.858. The summed E-state index contributed by atoms with van der Waals surface area (Å²) in [6, 6.07) is 72.1. The number of benzene rings is 9. The molecule has 11 rings (SSSR count). The highest BCUT2D eigenvalue weighted by atomic mass is 32.1. The third kappa shape index (κ3) is 5.40. The van der Waals surface area contributed by atoms with Crippen LogP contribution < -0.4 is 4.90 Å². The topological polar surface area (TPSA) is 16.4 Å². The third-order valence-corrected chi connectivity index (χ3v) is 12.0. The van der Waals surface area contributed by atoms with Gasteiger partial charge in [-0.1, -0.05) is 152 Å². The van der Waals surface area contributed by atoms with Crippen molar-refractivity contribution in [1.29, 1.82) is 0 Å². The Hall–Kier alpha value is -6.94. The zero-order chi connectivity index (χ0) is 36.3. The molecule has 2 nitrogen and oxygen atoms in total. The number of thiophene rings is 1. The molecule has 0 saturated carbocycles. The molecule has 2 heterocycles. The Morgan fingerprint density at radius 3 is 1.87 bits per heavy atom. The molecule has 0 saturated heterocycles. The molecule has 0 atom stereocenters. The molecule has 55 heavy (non-hydrogen) atoms. The lowest BCUT2D eigenvalue weighted by atomic mass is 10.00. The van der Waals surface area contributed by atoms with Gasteiger partial charge in [0.15, 0.2) is 5.58 Å². The first-order valence-electron chi connectivity index (χ1n) is 18.7. The minimum absolute atomic E-state index is 0.858. The number of rotatable bonds is 6. The summed E-state index contributed by atoms with van der Waals surface area (Å²) < 4.78 is 9.59. The van der Waals surface area contributed by atoms with Crippen LogP contribution >= 0.6 is 11.3 Å². The maximum absolute atomic E-state index is 6.98. The first kappa shape index (κ1) is 31.6. The van der Waals surface area contributed by atoms with Gasteiger partial charge >= 0.3 is 0 Å². The van der Waals surface area contributed by atoms with Crippen LogP contribution in [-0.2, 0) is 0 Å². The van der Waals surface area contributed by atoms with Gasteiger partial charge in [-0.15, -0.1) is 11.3 Å². The molecule has 11 aromatic rings. The van der Waals surface area contributed by atoms with E-state index < -0.39 is 0 Å². The van der Waals surface area contributed by atoms with Crippen molar-refractivity contribution in [2.75, 3.05) is 4.90 Å². The minimum Gasteiger partial charge on any atom is -0.453 e. The first-order valence-corrected chi connectivity index (χ1v) is 19.5. The number of hydrogen-bond acceptors (Lipinski definition) is 3. The van der Waals surface area contributed by atoms with E-state index in [-0.39, 0.29) is 0 Å². The van der Waals surface area contributed by atoms with Crippen molar-refractivity contribution in [2.24, 2.45) is 0 Å².